The average Bonchev–Trinajstić information content (AvgIpc) is 3.31. The van der Waals surface area contributed by atoms with E-state index in [4.69, 9.17) is 19.1 Å². The van der Waals surface area contributed by atoms with Crippen LogP contribution in [0.2, 0.25) is 0 Å². The predicted octanol–water partition coefficient (Wildman–Crippen LogP) is 9.20. The third kappa shape index (κ3) is 5.02. The van der Waals surface area contributed by atoms with Crippen LogP contribution in [-0.4, -0.2) is 20.1 Å². The summed E-state index contributed by atoms with van der Waals surface area (Å²) in [6.45, 7) is 12.8. The first kappa shape index (κ1) is 26.5. The van der Waals surface area contributed by atoms with Crippen molar-refractivity contribution in [2.75, 3.05) is 0 Å². The fraction of sp³-hybridized carbons (Fsp3) is 0.229. The number of nitrogens with zero attached hydrogens (tertiary/aromatic N) is 3. The van der Waals surface area contributed by atoms with Gasteiger partial charge in [-0.1, -0.05) is 77.9 Å². The van der Waals surface area contributed by atoms with E-state index in [2.05, 4.69) is 52.6 Å². The third-order valence-corrected chi connectivity index (χ3v) is 7.21. The van der Waals surface area contributed by atoms with Crippen LogP contribution in [0.4, 0.5) is 0 Å². The Kier molecular flexibility index (Phi) is 6.29. The van der Waals surface area contributed by atoms with Crippen LogP contribution in [-0.2, 0) is 10.8 Å². The zero-order valence-electron chi connectivity index (χ0n) is 24.2. The van der Waals surface area contributed by atoms with Gasteiger partial charge >= 0.3 is 0 Å². The van der Waals surface area contributed by atoms with Crippen molar-refractivity contribution in [1.29, 1.82) is 0 Å². The number of phenols is 1. The van der Waals surface area contributed by atoms with Crippen LogP contribution < -0.4 is 4.74 Å². The minimum Gasteiger partial charge on any atom is -0.507 e. The molecule has 3 aromatic heterocycles. The molecule has 0 saturated carbocycles. The minimum atomic E-state index is -0.285. The number of rotatable bonds is 4. The molecule has 0 amide bonds. The lowest BCUT2D eigenvalue weighted by atomic mass is 9.79. The number of hydrogen-bond acceptors (Lipinski definition) is 6. The number of benzene rings is 3. The van der Waals surface area contributed by atoms with E-state index in [9.17, 15) is 5.11 Å². The van der Waals surface area contributed by atoms with Crippen LogP contribution >= 0.6 is 0 Å². The summed E-state index contributed by atoms with van der Waals surface area (Å²) < 4.78 is 12.4. The molecule has 3 heterocycles. The van der Waals surface area contributed by atoms with Crippen molar-refractivity contribution in [3.63, 3.8) is 0 Å². The normalized spacial score (nSPS) is 12.2. The monoisotopic (exact) mass is 543 g/mol. The van der Waals surface area contributed by atoms with Gasteiger partial charge in [-0.2, -0.15) is 0 Å². The van der Waals surface area contributed by atoms with E-state index in [0.717, 1.165) is 27.7 Å². The first-order valence-corrected chi connectivity index (χ1v) is 13.8. The molecule has 6 aromatic rings. The third-order valence-electron chi connectivity index (χ3n) is 7.21. The maximum atomic E-state index is 11.6. The number of hydrogen-bond donors (Lipinski definition) is 1. The minimum absolute atomic E-state index is 0.144. The van der Waals surface area contributed by atoms with Gasteiger partial charge in [-0.05, 0) is 52.8 Å². The topological polar surface area (TPSA) is 81.3 Å². The molecule has 41 heavy (non-hydrogen) atoms. The Morgan fingerprint density at radius 3 is 2.29 bits per heavy atom. The first-order chi connectivity index (χ1) is 19.5. The SMILES string of the molecule is CC(C)(C)c1cc(-c2nc(-c3cccc(Oc4ccccn4)c3)c3oc4ccccc4c3n2)c(O)c(C(C)(C)C)c1. The Bertz CT molecular complexity index is 1890. The molecule has 0 bridgehead atoms. The Morgan fingerprint density at radius 1 is 0.780 bits per heavy atom. The second-order valence-electron chi connectivity index (χ2n) is 12.4. The average molecular weight is 544 g/mol. The van der Waals surface area contributed by atoms with E-state index in [-0.39, 0.29) is 16.6 Å². The van der Waals surface area contributed by atoms with Gasteiger partial charge in [-0.15, -0.1) is 0 Å². The number of furan rings is 1. The smallest absolute Gasteiger partial charge is 0.219 e. The van der Waals surface area contributed by atoms with Crippen molar-refractivity contribution in [3.8, 4) is 40.0 Å². The number of fused-ring (bicyclic) bond motifs is 3. The Labute approximate surface area is 239 Å². The highest BCUT2D eigenvalue weighted by Crippen LogP contribution is 2.43. The van der Waals surface area contributed by atoms with Crippen LogP contribution in [0, 0.1) is 0 Å². The van der Waals surface area contributed by atoms with Crippen molar-refractivity contribution in [1.82, 2.24) is 15.0 Å². The van der Waals surface area contributed by atoms with Crippen molar-refractivity contribution < 1.29 is 14.3 Å². The zero-order chi connectivity index (χ0) is 28.9. The summed E-state index contributed by atoms with van der Waals surface area (Å²) in [6.07, 6.45) is 1.69. The van der Waals surface area contributed by atoms with Gasteiger partial charge in [-0.3, -0.25) is 0 Å². The van der Waals surface area contributed by atoms with E-state index in [1.54, 1.807) is 6.20 Å². The van der Waals surface area contributed by atoms with Gasteiger partial charge in [0.25, 0.3) is 0 Å². The quantitative estimate of drug-likeness (QED) is 0.239. The maximum Gasteiger partial charge on any atom is 0.219 e. The fourth-order valence-electron chi connectivity index (χ4n) is 4.95. The van der Waals surface area contributed by atoms with E-state index in [1.165, 1.54) is 0 Å². The first-order valence-electron chi connectivity index (χ1n) is 13.8. The van der Waals surface area contributed by atoms with Crippen LogP contribution in [0.15, 0.2) is 89.5 Å². The highest BCUT2D eigenvalue weighted by molar-refractivity contribution is 6.07. The number of pyridine rings is 1. The molecule has 0 unspecified atom stereocenters. The molecule has 0 aliphatic heterocycles. The van der Waals surface area contributed by atoms with Crippen molar-refractivity contribution >= 4 is 22.1 Å². The van der Waals surface area contributed by atoms with Crippen molar-refractivity contribution in [2.24, 2.45) is 0 Å². The van der Waals surface area contributed by atoms with Crippen molar-refractivity contribution in [2.45, 2.75) is 52.4 Å². The van der Waals surface area contributed by atoms with Crippen molar-refractivity contribution in [3.05, 3.63) is 96.2 Å². The summed E-state index contributed by atoms with van der Waals surface area (Å²) in [5.74, 6) is 1.75. The number of aromatic nitrogens is 3. The van der Waals surface area contributed by atoms with Gasteiger partial charge in [0.1, 0.15) is 28.3 Å². The van der Waals surface area contributed by atoms with Crippen LogP contribution in [0.25, 0.3) is 44.7 Å². The lowest BCUT2D eigenvalue weighted by Gasteiger charge is -2.27. The van der Waals surface area contributed by atoms with E-state index < -0.39 is 0 Å². The number of phenolic OH excluding ortho intramolecular Hbond substituents is 1. The van der Waals surface area contributed by atoms with Gasteiger partial charge in [-0.25, -0.2) is 15.0 Å². The van der Waals surface area contributed by atoms with Gasteiger partial charge in [0.2, 0.25) is 5.88 Å². The van der Waals surface area contributed by atoms with Crippen LogP contribution in [0.1, 0.15) is 52.7 Å². The Balaban J connectivity index is 1.62. The highest BCUT2D eigenvalue weighted by Gasteiger charge is 2.27. The highest BCUT2D eigenvalue weighted by atomic mass is 16.5. The van der Waals surface area contributed by atoms with E-state index >= 15 is 0 Å². The molecule has 0 fully saturated rings. The largest absolute Gasteiger partial charge is 0.507 e. The van der Waals surface area contributed by atoms with Gasteiger partial charge in [0, 0.05) is 28.8 Å². The molecule has 0 aliphatic carbocycles. The fourth-order valence-corrected chi connectivity index (χ4v) is 4.95. The number of ether oxygens (including phenoxy) is 1. The molecular weight excluding hydrogens is 510 g/mol. The van der Waals surface area contributed by atoms with E-state index in [0.29, 0.717) is 39.8 Å². The summed E-state index contributed by atoms with van der Waals surface area (Å²) in [4.78, 5) is 14.3. The molecule has 0 spiro atoms. The summed E-state index contributed by atoms with van der Waals surface area (Å²) in [7, 11) is 0. The number of para-hydroxylation sites is 1. The second kappa shape index (κ2) is 9.73. The van der Waals surface area contributed by atoms with Crippen LogP contribution in [0.3, 0.4) is 0 Å². The molecule has 1 N–H and O–H groups in total. The zero-order valence-corrected chi connectivity index (χ0v) is 24.2. The molecule has 0 aliphatic rings. The lowest BCUT2D eigenvalue weighted by Crippen LogP contribution is -2.17. The van der Waals surface area contributed by atoms with E-state index in [1.807, 2.05) is 72.8 Å². The molecular formula is C35H33N3O3. The summed E-state index contributed by atoms with van der Waals surface area (Å²) in [5.41, 5.74) is 5.52. The molecule has 0 saturated heterocycles. The molecule has 0 atom stereocenters. The summed E-state index contributed by atoms with van der Waals surface area (Å²) in [5, 5.41) is 12.5. The molecule has 3 aromatic carbocycles. The molecule has 6 rings (SSSR count). The van der Waals surface area contributed by atoms with Gasteiger partial charge in [0.05, 0.1) is 5.56 Å². The molecule has 6 heteroatoms. The molecule has 206 valence electrons. The van der Waals surface area contributed by atoms with Crippen LogP contribution in [0.5, 0.6) is 17.4 Å². The van der Waals surface area contributed by atoms with Gasteiger partial charge in [0.15, 0.2) is 11.4 Å². The Hall–Kier alpha value is -4.71. The summed E-state index contributed by atoms with van der Waals surface area (Å²) >= 11 is 0. The number of aromatic hydroxyl groups is 1. The maximum absolute atomic E-state index is 11.6. The molecule has 6 nitrogen and oxygen atoms in total. The lowest BCUT2D eigenvalue weighted by molar-refractivity contribution is 0.446. The summed E-state index contributed by atoms with van der Waals surface area (Å²) in [6, 6.07) is 25.2. The standard InChI is InChI=1S/C35H33N3O3/c1-34(2,3)22-19-25(31(39)26(20-22)35(4,5)6)33-37-29(32-30(38-33)24-14-7-8-15-27(24)41-32)21-12-11-13-23(18-21)40-28-16-9-10-17-36-28/h7-20,39H,1-6H3. The van der Waals surface area contributed by atoms with Gasteiger partial charge < -0.3 is 14.3 Å². The predicted molar refractivity (Wildman–Crippen MR) is 164 cm³/mol. The molecule has 0 radical (unpaired) electrons. The Morgan fingerprint density at radius 2 is 1.56 bits per heavy atom. The second-order valence-corrected chi connectivity index (χ2v) is 12.4.